The summed E-state index contributed by atoms with van der Waals surface area (Å²) < 4.78 is 0. The van der Waals surface area contributed by atoms with Gasteiger partial charge in [-0.3, -0.25) is 4.79 Å². The zero-order chi connectivity index (χ0) is 14.4. The van der Waals surface area contributed by atoms with E-state index in [4.69, 9.17) is 0 Å². The Morgan fingerprint density at radius 2 is 2.27 bits per heavy atom. The maximum absolute atomic E-state index is 12.4. The van der Waals surface area contributed by atoms with E-state index in [0.29, 0.717) is 6.04 Å². The molecule has 5 nitrogen and oxygen atoms in total. The Hall–Kier alpha value is -1.93. The lowest BCUT2D eigenvalue weighted by molar-refractivity contribution is 0.0928. The summed E-state index contributed by atoms with van der Waals surface area (Å²) in [6.07, 6.45) is 6.24. The number of fused-ring (bicyclic) bond motifs is 3. The van der Waals surface area contributed by atoms with Crippen LogP contribution in [-0.2, 0) is 6.42 Å². The zero-order valence-corrected chi connectivity index (χ0v) is 13.0. The van der Waals surface area contributed by atoms with Gasteiger partial charge in [-0.2, -0.15) is 5.26 Å². The number of nitrogens with one attached hydrogen (secondary N) is 2. The topological polar surface area (TPSA) is 68.2 Å². The highest BCUT2D eigenvalue weighted by molar-refractivity contribution is 5.95. The van der Waals surface area contributed by atoms with E-state index in [0.717, 1.165) is 43.5 Å². The quantitative estimate of drug-likeness (QED) is 0.817. The van der Waals surface area contributed by atoms with Gasteiger partial charge >= 0.3 is 0 Å². The number of anilines is 1. The highest BCUT2D eigenvalue weighted by Gasteiger charge is 2.46. The minimum Gasteiger partial charge on any atom is -0.384 e. The molecule has 2 saturated heterocycles. The smallest absolute Gasteiger partial charge is 0.251 e. The second-order valence-electron chi connectivity index (χ2n) is 6.17. The number of nitrogens with zero attached hydrogens (tertiary/aromatic N) is 2. The number of nitriles is 1. The van der Waals surface area contributed by atoms with E-state index in [2.05, 4.69) is 16.8 Å². The molecule has 2 N–H and O–H groups in total. The van der Waals surface area contributed by atoms with Crippen molar-refractivity contribution >= 4 is 24.0 Å². The van der Waals surface area contributed by atoms with Crippen molar-refractivity contribution in [2.75, 3.05) is 11.9 Å². The predicted molar refractivity (Wildman–Crippen MR) is 86.0 cm³/mol. The van der Waals surface area contributed by atoms with Crippen molar-refractivity contribution < 1.29 is 4.79 Å². The molecule has 0 aromatic heterocycles. The number of amides is 1. The molecule has 3 heterocycles. The molecule has 116 valence electrons. The molecule has 3 aliphatic rings. The second-order valence-corrected chi connectivity index (χ2v) is 6.17. The van der Waals surface area contributed by atoms with Crippen molar-refractivity contribution in [1.82, 2.24) is 10.2 Å². The van der Waals surface area contributed by atoms with Crippen LogP contribution in [0, 0.1) is 11.5 Å². The van der Waals surface area contributed by atoms with Gasteiger partial charge in [0.15, 0.2) is 6.19 Å². The summed E-state index contributed by atoms with van der Waals surface area (Å²) in [5.74, 6) is -0.0138. The summed E-state index contributed by atoms with van der Waals surface area (Å²) in [6.45, 7) is 0.948. The molecular weight excluding hydrogens is 300 g/mol. The first-order valence-electron chi connectivity index (χ1n) is 7.62. The lowest BCUT2D eigenvalue weighted by atomic mass is 9.95. The molecule has 0 aliphatic carbocycles. The van der Waals surface area contributed by atoms with Crippen molar-refractivity contribution in [2.45, 2.75) is 43.8 Å². The van der Waals surface area contributed by atoms with Crippen molar-refractivity contribution in [2.24, 2.45) is 0 Å². The first-order chi connectivity index (χ1) is 10.3. The van der Waals surface area contributed by atoms with E-state index < -0.39 is 0 Å². The van der Waals surface area contributed by atoms with Crippen LogP contribution in [-0.4, -0.2) is 35.5 Å². The Morgan fingerprint density at radius 3 is 3.05 bits per heavy atom. The fourth-order valence-corrected chi connectivity index (χ4v) is 4.00. The van der Waals surface area contributed by atoms with E-state index in [1.165, 1.54) is 5.56 Å². The first kappa shape index (κ1) is 15.0. The summed E-state index contributed by atoms with van der Waals surface area (Å²) in [5, 5.41) is 15.6. The van der Waals surface area contributed by atoms with Gasteiger partial charge in [-0.25, -0.2) is 0 Å². The van der Waals surface area contributed by atoms with E-state index >= 15 is 0 Å². The standard InChI is InChI=1S/C16H18N4O.ClH/c17-9-20-12-2-4-15(20)14(8-12)19-16(21)11-1-3-13-10(7-11)5-6-18-13;/h1,3,7,12,14-15,18H,2,4-6,8H2,(H,19,21);1H/t12-,14+,15+;/m1./s1. The van der Waals surface area contributed by atoms with Crippen LogP contribution in [0.25, 0.3) is 0 Å². The third kappa shape index (κ3) is 2.28. The third-order valence-electron chi connectivity index (χ3n) is 5.05. The summed E-state index contributed by atoms with van der Waals surface area (Å²) >= 11 is 0. The summed E-state index contributed by atoms with van der Waals surface area (Å²) in [7, 11) is 0. The molecule has 4 rings (SSSR count). The number of halogens is 1. The molecule has 0 spiro atoms. The maximum atomic E-state index is 12.4. The lowest BCUT2D eigenvalue weighted by Gasteiger charge is -2.22. The van der Waals surface area contributed by atoms with E-state index in [9.17, 15) is 10.1 Å². The van der Waals surface area contributed by atoms with Crippen LogP contribution < -0.4 is 10.6 Å². The molecule has 0 unspecified atom stereocenters. The summed E-state index contributed by atoms with van der Waals surface area (Å²) in [4.78, 5) is 14.3. The van der Waals surface area contributed by atoms with Gasteiger partial charge in [0, 0.05) is 23.8 Å². The number of hydrogen-bond acceptors (Lipinski definition) is 4. The molecule has 22 heavy (non-hydrogen) atoms. The zero-order valence-electron chi connectivity index (χ0n) is 12.2. The molecule has 1 aromatic rings. The van der Waals surface area contributed by atoms with Gasteiger partial charge in [0.05, 0.1) is 12.1 Å². The molecule has 2 fully saturated rings. The maximum Gasteiger partial charge on any atom is 0.251 e. The molecule has 3 aliphatic heterocycles. The number of carbonyl (C=O) groups excluding carboxylic acids is 1. The van der Waals surface area contributed by atoms with Crippen LogP contribution in [0.5, 0.6) is 0 Å². The fraction of sp³-hybridized carbons (Fsp3) is 0.500. The monoisotopic (exact) mass is 318 g/mol. The van der Waals surface area contributed by atoms with Crippen molar-refractivity contribution in [3.05, 3.63) is 29.3 Å². The van der Waals surface area contributed by atoms with Gasteiger partial charge in [0.1, 0.15) is 0 Å². The van der Waals surface area contributed by atoms with Gasteiger partial charge in [-0.05, 0) is 49.4 Å². The highest BCUT2D eigenvalue weighted by atomic mass is 35.5. The average molecular weight is 319 g/mol. The molecular formula is C16H19ClN4O. The average Bonchev–Trinajstić information content (AvgIpc) is 3.19. The molecule has 1 aromatic carbocycles. The molecule has 1 amide bonds. The first-order valence-corrected chi connectivity index (χ1v) is 7.62. The SMILES string of the molecule is Cl.N#CN1[C@@H]2CC[C@H]1[C@@H](NC(=O)c1ccc3c(c1)CCN3)C2. The molecule has 3 atom stereocenters. The lowest BCUT2D eigenvalue weighted by Crippen LogP contribution is -2.43. The third-order valence-corrected chi connectivity index (χ3v) is 5.05. The van der Waals surface area contributed by atoms with Crippen LogP contribution in [0.2, 0.25) is 0 Å². The van der Waals surface area contributed by atoms with Gasteiger partial charge in [-0.15, -0.1) is 12.4 Å². The molecule has 0 saturated carbocycles. The summed E-state index contributed by atoms with van der Waals surface area (Å²) in [5.41, 5.74) is 3.08. The van der Waals surface area contributed by atoms with Gasteiger partial charge in [0.25, 0.3) is 5.91 Å². The van der Waals surface area contributed by atoms with Gasteiger partial charge in [-0.1, -0.05) is 0 Å². The number of hydrogen-bond donors (Lipinski definition) is 2. The van der Waals surface area contributed by atoms with Gasteiger partial charge < -0.3 is 15.5 Å². The Labute approximate surface area is 136 Å². The highest BCUT2D eigenvalue weighted by Crippen LogP contribution is 2.37. The van der Waals surface area contributed by atoms with Crippen LogP contribution in [0.15, 0.2) is 18.2 Å². The van der Waals surface area contributed by atoms with E-state index in [1.54, 1.807) is 0 Å². The predicted octanol–water partition coefficient (Wildman–Crippen LogP) is 1.89. The van der Waals surface area contributed by atoms with Gasteiger partial charge in [0.2, 0.25) is 0 Å². The molecule has 6 heteroatoms. The van der Waals surface area contributed by atoms with Crippen molar-refractivity contribution in [3.63, 3.8) is 0 Å². The van der Waals surface area contributed by atoms with Crippen LogP contribution >= 0.6 is 12.4 Å². The number of rotatable bonds is 2. The Kier molecular flexibility index (Phi) is 3.88. The normalized spacial score (nSPS) is 27.6. The second kappa shape index (κ2) is 5.69. The van der Waals surface area contributed by atoms with Crippen LogP contribution in [0.4, 0.5) is 5.69 Å². The van der Waals surface area contributed by atoms with Crippen LogP contribution in [0.1, 0.15) is 35.2 Å². The molecule has 0 radical (unpaired) electrons. The molecule has 2 bridgehead atoms. The minimum atomic E-state index is -0.0138. The van der Waals surface area contributed by atoms with E-state index in [1.807, 2.05) is 23.1 Å². The Morgan fingerprint density at radius 1 is 1.41 bits per heavy atom. The number of carbonyl (C=O) groups is 1. The Bertz CT molecular complexity index is 642. The van der Waals surface area contributed by atoms with Crippen molar-refractivity contribution in [1.29, 1.82) is 5.26 Å². The van der Waals surface area contributed by atoms with Crippen molar-refractivity contribution in [3.8, 4) is 6.19 Å². The fourth-order valence-electron chi connectivity index (χ4n) is 4.00. The Balaban J connectivity index is 0.00000144. The van der Waals surface area contributed by atoms with Crippen LogP contribution in [0.3, 0.4) is 0 Å². The van der Waals surface area contributed by atoms with E-state index in [-0.39, 0.29) is 30.4 Å². The summed E-state index contributed by atoms with van der Waals surface area (Å²) in [6, 6.07) is 6.48. The number of benzene rings is 1. The minimum absolute atomic E-state index is 0. The largest absolute Gasteiger partial charge is 0.384 e.